The van der Waals surface area contributed by atoms with Crippen molar-refractivity contribution in [3.8, 4) is 11.3 Å². The fourth-order valence-electron chi connectivity index (χ4n) is 1.16. The van der Waals surface area contributed by atoms with E-state index in [9.17, 15) is 0 Å². The molecule has 0 aromatic carbocycles. The highest BCUT2D eigenvalue weighted by molar-refractivity contribution is 5.56. The van der Waals surface area contributed by atoms with Crippen LogP contribution in [0.2, 0.25) is 0 Å². The van der Waals surface area contributed by atoms with Gasteiger partial charge in [0.05, 0.1) is 24.3 Å². The average Bonchev–Trinajstić information content (AvgIpc) is 2.65. The number of aromatic nitrogens is 4. The van der Waals surface area contributed by atoms with Crippen molar-refractivity contribution in [3.05, 3.63) is 24.8 Å². The second-order valence-corrected chi connectivity index (χ2v) is 2.94. The lowest BCUT2D eigenvalue weighted by atomic mass is 10.3. The molecule has 14 heavy (non-hydrogen) atoms. The van der Waals surface area contributed by atoms with Gasteiger partial charge in [0.1, 0.15) is 5.82 Å². The van der Waals surface area contributed by atoms with E-state index < -0.39 is 0 Å². The first-order chi connectivity index (χ1) is 6.79. The molecular formula is C9H11N5. The number of rotatable bonds is 2. The zero-order valence-electron chi connectivity index (χ0n) is 8.10. The summed E-state index contributed by atoms with van der Waals surface area (Å²) in [7, 11) is 3.69. The molecule has 0 fully saturated rings. The lowest BCUT2D eigenvalue weighted by Crippen LogP contribution is -1.93. The molecule has 0 aliphatic rings. The third-order valence-corrected chi connectivity index (χ3v) is 1.91. The van der Waals surface area contributed by atoms with Crippen LogP contribution < -0.4 is 5.32 Å². The maximum atomic E-state index is 4.25. The van der Waals surface area contributed by atoms with Gasteiger partial charge < -0.3 is 5.32 Å². The van der Waals surface area contributed by atoms with Gasteiger partial charge >= 0.3 is 0 Å². The van der Waals surface area contributed by atoms with Crippen LogP contribution in [0, 0.1) is 0 Å². The van der Waals surface area contributed by atoms with Gasteiger partial charge in [-0.1, -0.05) is 0 Å². The van der Waals surface area contributed by atoms with Gasteiger partial charge in [0.2, 0.25) is 0 Å². The number of hydrogen-bond donors (Lipinski definition) is 1. The van der Waals surface area contributed by atoms with Crippen LogP contribution >= 0.6 is 0 Å². The average molecular weight is 189 g/mol. The number of nitrogens with one attached hydrogen (secondary N) is 1. The summed E-state index contributed by atoms with van der Waals surface area (Å²) in [5.74, 6) is 0.762. The normalized spacial score (nSPS) is 10.1. The van der Waals surface area contributed by atoms with E-state index in [1.54, 1.807) is 23.3 Å². The minimum Gasteiger partial charge on any atom is -0.372 e. The lowest BCUT2D eigenvalue weighted by Gasteiger charge is -1.98. The van der Waals surface area contributed by atoms with Crippen LogP contribution in [0.3, 0.4) is 0 Å². The molecule has 5 heteroatoms. The Labute approximate surface area is 81.8 Å². The number of hydrogen-bond acceptors (Lipinski definition) is 4. The molecule has 0 amide bonds. The summed E-state index contributed by atoms with van der Waals surface area (Å²) in [6.45, 7) is 0. The van der Waals surface area contributed by atoms with Gasteiger partial charge in [-0.25, -0.2) is 4.98 Å². The topological polar surface area (TPSA) is 55.6 Å². The highest BCUT2D eigenvalue weighted by atomic mass is 15.2. The second-order valence-electron chi connectivity index (χ2n) is 2.94. The minimum atomic E-state index is 0.762. The number of nitrogens with zero attached hydrogens (tertiary/aromatic N) is 4. The summed E-state index contributed by atoms with van der Waals surface area (Å²) >= 11 is 0. The first-order valence-corrected chi connectivity index (χ1v) is 4.28. The Morgan fingerprint density at radius 1 is 1.21 bits per heavy atom. The fraction of sp³-hybridized carbons (Fsp3) is 0.222. The van der Waals surface area contributed by atoms with Gasteiger partial charge in [-0.3, -0.25) is 9.67 Å². The van der Waals surface area contributed by atoms with E-state index in [2.05, 4.69) is 20.4 Å². The second kappa shape index (κ2) is 3.45. The molecule has 0 saturated carbocycles. The van der Waals surface area contributed by atoms with Crippen molar-refractivity contribution in [1.29, 1.82) is 0 Å². The molecular weight excluding hydrogens is 178 g/mol. The van der Waals surface area contributed by atoms with E-state index in [1.165, 1.54) is 0 Å². The van der Waals surface area contributed by atoms with Gasteiger partial charge in [0.25, 0.3) is 0 Å². The van der Waals surface area contributed by atoms with Crippen molar-refractivity contribution >= 4 is 5.82 Å². The SMILES string of the molecule is CNc1cnc(-c2cnn(C)c2)cn1. The van der Waals surface area contributed by atoms with Gasteiger partial charge in [-0.05, 0) is 0 Å². The van der Waals surface area contributed by atoms with Crippen LogP contribution in [0.1, 0.15) is 0 Å². The molecule has 72 valence electrons. The summed E-state index contributed by atoms with van der Waals surface area (Å²) in [6.07, 6.45) is 7.09. The molecule has 0 aliphatic carbocycles. The van der Waals surface area contributed by atoms with Gasteiger partial charge in [-0.2, -0.15) is 5.10 Å². The Bertz CT molecular complexity index is 417. The van der Waals surface area contributed by atoms with E-state index >= 15 is 0 Å². The summed E-state index contributed by atoms with van der Waals surface area (Å²) < 4.78 is 1.74. The molecule has 0 radical (unpaired) electrons. The predicted molar refractivity (Wildman–Crippen MR) is 53.8 cm³/mol. The van der Waals surface area contributed by atoms with Crippen LogP contribution in [0.15, 0.2) is 24.8 Å². The molecule has 1 N–H and O–H groups in total. The summed E-state index contributed by atoms with van der Waals surface area (Å²) in [6, 6.07) is 0. The maximum Gasteiger partial charge on any atom is 0.144 e. The molecule has 2 aromatic heterocycles. The largest absolute Gasteiger partial charge is 0.372 e. The smallest absolute Gasteiger partial charge is 0.144 e. The highest BCUT2D eigenvalue weighted by Gasteiger charge is 2.01. The minimum absolute atomic E-state index is 0.762. The maximum absolute atomic E-state index is 4.25. The van der Waals surface area contributed by atoms with Crippen molar-refractivity contribution in [2.24, 2.45) is 7.05 Å². The Kier molecular flexibility index (Phi) is 2.14. The quantitative estimate of drug-likeness (QED) is 0.763. The van der Waals surface area contributed by atoms with Crippen LogP contribution in [0.5, 0.6) is 0 Å². The van der Waals surface area contributed by atoms with E-state index in [0.29, 0.717) is 0 Å². The molecule has 0 aliphatic heterocycles. The van der Waals surface area contributed by atoms with Crippen molar-refractivity contribution in [2.45, 2.75) is 0 Å². The third-order valence-electron chi connectivity index (χ3n) is 1.91. The monoisotopic (exact) mass is 189 g/mol. The van der Waals surface area contributed by atoms with Crippen LogP contribution in [-0.2, 0) is 7.05 Å². The van der Waals surface area contributed by atoms with E-state index in [0.717, 1.165) is 17.1 Å². The molecule has 5 nitrogen and oxygen atoms in total. The Balaban J connectivity index is 2.33. The van der Waals surface area contributed by atoms with Crippen LogP contribution in [0.4, 0.5) is 5.82 Å². The zero-order valence-corrected chi connectivity index (χ0v) is 8.10. The lowest BCUT2D eigenvalue weighted by molar-refractivity contribution is 0.768. The molecule has 0 unspecified atom stereocenters. The zero-order chi connectivity index (χ0) is 9.97. The third kappa shape index (κ3) is 1.56. The summed E-state index contributed by atoms with van der Waals surface area (Å²) in [5.41, 5.74) is 1.81. The van der Waals surface area contributed by atoms with Crippen molar-refractivity contribution in [2.75, 3.05) is 12.4 Å². The molecule has 2 rings (SSSR count). The summed E-state index contributed by atoms with van der Waals surface area (Å²) in [5, 5.41) is 6.99. The van der Waals surface area contributed by atoms with Crippen LogP contribution in [-0.4, -0.2) is 26.8 Å². The Morgan fingerprint density at radius 3 is 2.57 bits per heavy atom. The van der Waals surface area contributed by atoms with E-state index in [4.69, 9.17) is 0 Å². The molecule has 2 heterocycles. The summed E-state index contributed by atoms with van der Waals surface area (Å²) in [4.78, 5) is 8.43. The van der Waals surface area contributed by atoms with Crippen LogP contribution in [0.25, 0.3) is 11.3 Å². The molecule has 0 atom stereocenters. The highest BCUT2D eigenvalue weighted by Crippen LogP contribution is 2.14. The molecule has 2 aromatic rings. The van der Waals surface area contributed by atoms with Crippen molar-refractivity contribution in [1.82, 2.24) is 19.7 Å². The van der Waals surface area contributed by atoms with Crippen molar-refractivity contribution in [3.63, 3.8) is 0 Å². The Hall–Kier alpha value is -1.91. The molecule has 0 spiro atoms. The Morgan fingerprint density at radius 2 is 2.07 bits per heavy atom. The molecule has 0 bridgehead atoms. The van der Waals surface area contributed by atoms with E-state index in [-0.39, 0.29) is 0 Å². The predicted octanol–water partition coefficient (Wildman–Crippen LogP) is 0.919. The standard InChI is InChI=1S/C9H11N5/c1-10-9-5-11-8(4-12-9)7-3-13-14(2)6-7/h3-6H,1-2H3,(H,10,12). The number of aryl methyl sites for hydroxylation is 1. The van der Waals surface area contributed by atoms with E-state index in [1.807, 2.05) is 20.3 Å². The van der Waals surface area contributed by atoms with Gasteiger partial charge in [0.15, 0.2) is 0 Å². The van der Waals surface area contributed by atoms with Gasteiger partial charge in [-0.15, -0.1) is 0 Å². The van der Waals surface area contributed by atoms with Gasteiger partial charge in [0, 0.05) is 25.9 Å². The number of anilines is 1. The molecule has 0 saturated heterocycles. The first kappa shape index (κ1) is 8.68. The van der Waals surface area contributed by atoms with Crippen molar-refractivity contribution < 1.29 is 0 Å². The fourth-order valence-corrected chi connectivity index (χ4v) is 1.16. The first-order valence-electron chi connectivity index (χ1n) is 4.28.